The number of nitrogens with zero attached hydrogens (tertiary/aromatic N) is 2. The first-order valence-corrected chi connectivity index (χ1v) is 10.0. The van der Waals surface area contributed by atoms with Crippen molar-refractivity contribution >= 4 is 28.8 Å². The van der Waals surface area contributed by atoms with E-state index in [1.165, 1.54) is 4.90 Å². The zero-order chi connectivity index (χ0) is 20.3. The van der Waals surface area contributed by atoms with Crippen molar-refractivity contribution in [2.45, 2.75) is 25.3 Å². The van der Waals surface area contributed by atoms with Crippen molar-refractivity contribution in [3.05, 3.63) is 17.7 Å². The maximum atomic E-state index is 12.7. The molecule has 2 saturated heterocycles. The second-order valence-electron chi connectivity index (χ2n) is 6.61. The number of ether oxygens (including phenoxy) is 3. The highest BCUT2D eigenvalue weighted by atomic mass is 32.2. The zero-order valence-electron chi connectivity index (χ0n) is 16.2. The first kappa shape index (κ1) is 20.3. The Balaban J connectivity index is 1.63. The minimum atomic E-state index is -0.219. The van der Waals surface area contributed by atoms with E-state index in [1.807, 2.05) is 0 Å². The van der Waals surface area contributed by atoms with Gasteiger partial charge in [0.1, 0.15) is 17.2 Å². The second-order valence-corrected chi connectivity index (χ2v) is 7.54. The van der Waals surface area contributed by atoms with E-state index in [1.54, 1.807) is 38.4 Å². The Kier molecular flexibility index (Phi) is 6.33. The normalized spacial score (nSPS) is 19.3. The summed E-state index contributed by atoms with van der Waals surface area (Å²) in [5, 5.41) is -0.211. The first-order valence-electron chi connectivity index (χ1n) is 9.04. The van der Waals surface area contributed by atoms with Gasteiger partial charge in [0.2, 0.25) is 11.8 Å². The molecule has 1 aromatic carbocycles. The van der Waals surface area contributed by atoms with Gasteiger partial charge in [-0.05, 0) is 12.8 Å². The maximum absolute atomic E-state index is 12.7. The molecule has 8 nitrogen and oxygen atoms in total. The molecule has 3 amide bonds. The Morgan fingerprint density at radius 2 is 1.82 bits per heavy atom. The lowest BCUT2D eigenvalue weighted by atomic mass is 10.1. The van der Waals surface area contributed by atoms with E-state index in [-0.39, 0.29) is 35.3 Å². The van der Waals surface area contributed by atoms with Crippen molar-refractivity contribution in [2.75, 3.05) is 40.2 Å². The quantitative estimate of drug-likeness (QED) is 0.682. The summed E-state index contributed by atoms with van der Waals surface area (Å²) in [6.07, 6.45) is 1.36. The summed E-state index contributed by atoms with van der Waals surface area (Å²) in [6, 6.07) is 3.30. The Labute approximate surface area is 168 Å². The molecule has 2 fully saturated rings. The van der Waals surface area contributed by atoms with E-state index in [2.05, 4.69) is 0 Å². The topological polar surface area (TPSA) is 85.4 Å². The van der Waals surface area contributed by atoms with Crippen LogP contribution in [0.5, 0.6) is 17.2 Å². The number of imide groups is 1. The van der Waals surface area contributed by atoms with Gasteiger partial charge in [-0.3, -0.25) is 19.3 Å². The summed E-state index contributed by atoms with van der Waals surface area (Å²) >= 11 is 1.02. The number of thioether (sulfide) groups is 1. The van der Waals surface area contributed by atoms with E-state index in [0.29, 0.717) is 43.2 Å². The molecule has 1 aromatic rings. The lowest BCUT2D eigenvalue weighted by Gasteiger charge is -2.22. The molecule has 1 unspecified atom stereocenters. The fourth-order valence-electron chi connectivity index (χ4n) is 3.61. The van der Waals surface area contributed by atoms with Gasteiger partial charge in [-0.1, -0.05) is 11.8 Å². The maximum Gasteiger partial charge on any atom is 0.289 e. The fraction of sp³-hybridized carbons (Fsp3) is 0.526. The predicted molar refractivity (Wildman–Crippen MR) is 104 cm³/mol. The largest absolute Gasteiger partial charge is 0.496 e. The van der Waals surface area contributed by atoms with Gasteiger partial charge in [0, 0.05) is 37.2 Å². The predicted octanol–water partition coefficient (Wildman–Crippen LogP) is 1.94. The molecule has 0 bridgehead atoms. The number of carbonyl (C=O) groups is 3. The molecule has 0 saturated carbocycles. The zero-order valence-corrected chi connectivity index (χ0v) is 17.0. The van der Waals surface area contributed by atoms with Gasteiger partial charge in [0.15, 0.2) is 0 Å². The van der Waals surface area contributed by atoms with Gasteiger partial charge in [-0.15, -0.1) is 0 Å². The van der Waals surface area contributed by atoms with Crippen molar-refractivity contribution in [1.29, 1.82) is 0 Å². The van der Waals surface area contributed by atoms with Crippen molar-refractivity contribution in [3.63, 3.8) is 0 Å². The number of methoxy groups -OCH3 is 3. The fourth-order valence-corrected chi connectivity index (χ4v) is 4.39. The van der Waals surface area contributed by atoms with Gasteiger partial charge < -0.3 is 19.1 Å². The molecule has 152 valence electrons. The van der Waals surface area contributed by atoms with Crippen LogP contribution < -0.4 is 14.2 Å². The second kappa shape index (κ2) is 8.72. The molecule has 2 aliphatic heterocycles. The standard InChI is InChI=1S/C19H24N2O6S/c1-25-13-8-15(26-2)14(16(9-13)27-3)4-5-17(22)20-7-6-12(10-20)21-18(23)11-28-19(21)24/h8-9,12H,4-7,10-11H2,1-3H3. The summed E-state index contributed by atoms with van der Waals surface area (Å²) in [5.41, 5.74) is 0.802. The summed E-state index contributed by atoms with van der Waals surface area (Å²) in [4.78, 5) is 39.5. The average Bonchev–Trinajstić information content (AvgIpc) is 3.31. The average molecular weight is 408 g/mol. The van der Waals surface area contributed by atoms with Crippen LogP contribution in [0.1, 0.15) is 18.4 Å². The van der Waals surface area contributed by atoms with Crippen LogP contribution in [0.4, 0.5) is 4.79 Å². The lowest BCUT2D eigenvalue weighted by Crippen LogP contribution is -2.41. The number of hydrogen-bond acceptors (Lipinski definition) is 7. The third kappa shape index (κ3) is 4.04. The molecule has 0 aromatic heterocycles. The van der Waals surface area contributed by atoms with Crippen LogP contribution in [0.15, 0.2) is 12.1 Å². The molecule has 0 radical (unpaired) electrons. The van der Waals surface area contributed by atoms with Gasteiger partial charge in [-0.25, -0.2) is 0 Å². The molecule has 2 heterocycles. The molecule has 2 aliphatic rings. The summed E-state index contributed by atoms with van der Waals surface area (Å²) in [6.45, 7) is 0.940. The van der Waals surface area contributed by atoms with Crippen LogP contribution in [-0.2, 0) is 16.0 Å². The molecule has 0 aliphatic carbocycles. The SMILES string of the molecule is COc1cc(OC)c(CCC(=O)N2CCC(N3C(=O)CSC3=O)C2)c(OC)c1. The lowest BCUT2D eigenvalue weighted by molar-refractivity contribution is -0.131. The Hall–Kier alpha value is -2.42. The van der Waals surface area contributed by atoms with E-state index in [9.17, 15) is 14.4 Å². The summed E-state index contributed by atoms with van der Waals surface area (Å²) in [7, 11) is 4.69. The van der Waals surface area contributed by atoms with Gasteiger partial charge in [0.25, 0.3) is 5.24 Å². The number of amides is 3. The van der Waals surface area contributed by atoms with Crippen LogP contribution in [0.25, 0.3) is 0 Å². The van der Waals surface area contributed by atoms with Crippen molar-refractivity contribution in [1.82, 2.24) is 9.80 Å². The van der Waals surface area contributed by atoms with E-state index in [0.717, 1.165) is 17.3 Å². The number of carbonyl (C=O) groups excluding carboxylic acids is 3. The molecular formula is C19H24N2O6S. The van der Waals surface area contributed by atoms with E-state index in [4.69, 9.17) is 14.2 Å². The minimum absolute atomic E-state index is 0.0193. The van der Waals surface area contributed by atoms with E-state index < -0.39 is 0 Å². The van der Waals surface area contributed by atoms with Crippen LogP contribution >= 0.6 is 11.8 Å². The summed E-state index contributed by atoms with van der Waals surface area (Å²) in [5.74, 6) is 1.84. The van der Waals surface area contributed by atoms with Crippen molar-refractivity contribution < 1.29 is 28.6 Å². The highest BCUT2D eigenvalue weighted by molar-refractivity contribution is 8.14. The van der Waals surface area contributed by atoms with Gasteiger partial charge in [0.05, 0.1) is 33.1 Å². The monoisotopic (exact) mass is 408 g/mol. The number of hydrogen-bond donors (Lipinski definition) is 0. The molecule has 1 atom stereocenters. The molecule has 28 heavy (non-hydrogen) atoms. The minimum Gasteiger partial charge on any atom is -0.496 e. The third-order valence-electron chi connectivity index (χ3n) is 5.07. The van der Waals surface area contributed by atoms with Crippen LogP contribution in [0.2, 0.25) is 0 Å². The highest BCUT2D eigenvalue weighted by Crippen LogP contribution is 2.35. The Bertz CT molecular complexity index is 743. The van der Waals surface area contributed by atoms with E-state index >= 15 is 0 Å². The highest BCUT2D eigenvalue weighted by Gasteiger charge is 2.40. The van der Waals surface area contributed by atoms with Crippen LogP contribution in [-0.4, -0.2) is 73.1 Å². The van der Waals surface area contributed by atoms with Gasteiger partial charge in [-0.2, -0.15) is 0 Å². The smallest absolute Gasteiger partial charge is 0.289 e. The Morgan fingerprint density at radius 1 is 1.14 bits per heavy atom. The van der Waals surface area contributed by atoms with Crippen molar-refractivity contribution in [2.24, 2.45) is 0 Å². The first-order chi connectivity index (χ1) is 13.5. The Morgan fingerprint density at radius 3 is 2.36 bits per heavy atom. The molecular weight excluding hydrogens is 384 g/mol. The molecule has 9 heteroatoms. The number of rotatable bonds is 7. The number of likely N-dealkylation sites (tertiary alicyclic amines) is 1. The van der Waals surface area contributed by atoms with Gasteiger partial charge >= 0.3 is 0 Å². The molecule has 0 spiro atoms. The van der Waals surface area contributed by atoms with Crippen LogP contribution in [0, 0.1) is 0 Å². The molecule has 0 N–H and O–H groups in total. The van der Waals surface area contributed by atoms with Crippen molar-refractivity contribution in [3.8, 4) is 17.2 Å². The van der Waals surface area contributed by atoms with Crippen LogP contribution in [0.3, 0.4) is 0 Å². The third-order valence-corrected chi connectivity index (χ3v) is 5.91. The number of benzene rings is 1. The molecule has 3 rings (SSSR count). The summed E-state index contributed by atoms with van der Waals surface area (Å²) < 4.78 is 16.1.